The molecule has 1 atom stereocenters. The molecule has 0 fully saturated rings. The molecule has 0 bridgehead atoms. The standard InChI is InChI=1S/C24H34N2O4S/c1-17-12-13-20(16-18(17)2)26(31(7,28)29)19(3)23(27)25-14-15-30-22-11-9-8-10-21(22)24(4,5)6/h8-13,16,19H,14-15H2,1-7H3,(H,25,27). The van der Waals surface area contributed by atoms with E-state index in [0.717, 1.165) is 33.0 Å². The maximum atomic E-state index is 12.7. The van der Waals surface area contributed by atoms with Gasteiger partial charge >= 0.3 is 0 Å². The molecule has 7 heteroatoms. The third kappa shape index (κ3) is 6.47. The minimum absolute atomic E-state index is 0.0590. The lowest BCUT2D eigenvalue weighted by Gasteiger charge is -2.28. The molecule has 0 aliphatic carbocycles. The summed E-state index contributed by atoms with van der Waals surface area (Å²) in [7, 11) is -3.65. The van der Waals surface area contributed by atoms with Crippen LogP contribution in [0.3, 0.4) is 0 Å². The molecule has 1 amide bonds. The zero-order valence-corrected chi connectivity index (χ0v) is 20.3. The van der Waals surface area contributed by atoms with Gasteiger partial charge in [0.2, 0.25) is 15.9 Å². The van der Waals surface area contributed by atoms with Crippen LogP contribution in [0.1, 0.15) is 44.4 Å². The summed E-state index contributed by atoms with van der Waals surface area (Å²) in [5.74, 6) is 0.404. The van der Waals surface area contributed by atoms with Crippen molar-refractivity contribution >= 4 is 21.6 Å². The monoisotopic (exact) mass is 446 g/mol. The van der Waals surface area contributed by atoms with E-state index in [2.05, 4.69) is 26.1 Å². The number of rotatable bonds is 8. The zero-order chi connectivity index (χ0) is 23.4. The van der Waals surface area contributed by atoms with Crippen molar-refractivity contribution in [2.24, 2.45) is 0 Å². The molecule has 0 aromatic heterocycles. The van der Waals surface area contributed by atoms with Crippen LogP contribution in [0.25, 0.3) is 0 Å². The lowest BCUT2D eigenvalue weighted by Crippen LogP contribution is -2.48. The normalized spacial score (nSPS) is 12.9. The smallest absolute Gasteiger partial charge is 0.243 e. The Bertz CT molecular complexity index is 1030. The Morgan fingerprint density at radius 1 is 1.10 bits per heavy atom. The molecule has 0 aliphatic heterocycles. The van der Waals surface area contributed by atoms with Crippen molar-refractivity contribution < 1.29 is 17.9 Å². The van der Waals surface area contributed by atoms with Crippen LogP contribution < -0.4 is 14.4 Å². The second kappa shape index (κ2) is 9.73. The summed E-state index contributed by atoms with van der Waals surface area (Å²) < 4.78 is 31.9. The SMILES string of the molecule is Cc1ccc(N(C(C)C(=O)NCCOc2ccccc2C(C)(C)C)S(C)(=O)=O)cc1C. The molecule has 0 radical (unpaired) electrons. The van der Waals surface area contributed by atoms with Gasteiger partial charge in [0.25, 0.3) is 0 Å². The maximum Gasteiger partial charge on any atom is 0.243 e. The number of ether oxygens (including phenoxy) is 1. The fraction of sp³-hybridized carbons (Fsp3) is 0.458. The van der Waals surface area contributed by atoms with Crippen LogP contribution in [0.5, 0.6) is 5.75 Å². The summed E-state index contributed by atoms with van der Waals surface area (Å²) >= 11 is 0. The van der Waals surface area contributed by atoms with Crippen LogP contribution in [-0.2, 0) is 20.2 Å². The van der Waals surface area contributed by atoms with Crippen molar-refractivity contribution in [3.8, 4) is 5.75 Å². The number of sulfonamides is 1. The minimum Gasteiger partial charge on any atom is -0.491 e. The van der Waals surface area contributed by atoms with E-state index in [1.807, 2.05) is 44.2 Å². The zero-order valence-electron chi connectivity index (χ0n) is 19.5. The summed E-state index contributed by atoms with van der Waals surface area (Å²) in [6.07, 6.45) is 1.11. The Kier molecular flexibility index (Phi) is 7.76. The number of nitrogens with one attached hydrogen (secondary N) is 1. The largest absolute Gasteiger partial charge is 0.491 e. The molecule has 2 rings (SSSR count). The van der Waals surface area contributed by atoms with Gasteiger partial charge in [-0.05, 0) is 61.1 Å². The van der Waals surface area contributed by atoms with Gasteiger partial charge in [0.15, 0.2) is 0 Å². The highest BCUT2D eigenvalue weighted by atomic mass is 32.2. The van der Waals surface area contributed by atoms with Crippen molar-refractivity contribution in [3.63, 3.8) is 0 Å². The first-order valence-electron chi connectivity index (χ1n) is 10.4. The summed E-state index contributed by atoms with van der Waals surface area (Å²) in [5.41, 5.74) is 3.53. The Balaban J connectivity index is 2.05. The van der Waals surface area contributed by atoms with Crippen LogP contribution in [0.2, 0.25) is 0 Å². The van der Waals surface area contributed by atoms with E-state index in [9.17, 15) is 13.2 Å². The van der Waals surface area contributed by atoms with E-state index in [4.69, 9.17) is 4.74 Å². The average Bonchev–Trinajstić information content (AvgIpc) is 2.66. The Morgan fingerprint density at radius 2 is 1.74 bits per heavy atom. The Morgan fingerprint density at radius 3 is 2.32 bits per heavy atom. The van der Waals surface area contributed by atoms with Gasteiger partial charge in [-0.15, -0.1) is 0 Å². The quantitative estimate of drug-likeness (QED) is 0.623. The number of hydrogen-bond acceptors (Lipinski definition) is 4. The highest BCUT2D eigenvalue weighted by molar-refractivity contribution is 7.92. The molecule has 170 valence electrons. The topological polar surface area (TPSA) is 75.7 Å². The van der Waals surface area contributed by atoms with Gasteiger partial charge in [-0.2, -0.15) is 0 Å². The number of aryl methyl sites for hydroxylation is 2. The molecule has 0 heterocycles. The Hall–Kier alpha value is -2.54. The van der Waals surface area contributed by atoms with Crippen LogP contribution in [0, 0.1) is 13.8 Å². The van der Waals surface area contributed by atoms with Gasteiger partial charge in [-0.25, -0.2) is 8.42 Å². The first kappa shape index (κ1) is 24.7. The van der Waals surface area contributed by atoms with E-state index in [1.54, 1.807) is 19.1 Å². The molecule has 0 spiro atoms. The molecule has 0 saturated heterocycles. The number of benzene rings is 2. The molecule has 2 aromatic carbocycles. The van der Waals surface area contributed by atoms with Crippen molar-refractivity contribution in [1.82, 2.24) is 5.32 Å². The highest BCUT2D eigenvalue weighted by Crippen LogP contribution is 2.30. The number of carbonyl (C=O) groups excluding carboxylic acids is 1. The summed E-state index contributed by atoms with van der Waals surface area (Å²) in [4.78, 5) is 12.7. The van der Waals surface area contributed by atoms with Crippen LogP contribution >= 0.6 is 0 Å². The first-order valence-corrected chi connectivity index (χ1v) is 12.2. The number of nitrogens with zero attached hydrogens (tertiary/aromatic N) is 1. The van der Waals surface area contributed by atoms with Gasteiger partial charge < -0.3 is 10.1 Å². The van der Waals surface area contributed by atoms with Crippen LogP contribution in [-0.4, -0.2) is 39.8 Å². The van der Waals surface area contributed by atoms with Gasteiger partial charge in [0.05, 0.1) is 18.5 Å². The average molecular weight is 447 g/mol. The lowest BCUT2D eigenvalue weighted by atomic mass is 9.86. The summed E-state index contributed by atoms with van der Waals surface area (Å²) in [6, 6.07) is 12.3. The van der Waals surface area contributed by atoms with Crippen molar-refractivity contribution in [1.29, 1.82) is 0 Å². The van der Waals surface area contributed by atoms with Crippen molar-refractivity contribution in [2.45, 2.75) is 53.0 Å². The predicted octanol–water partition coefficient (Wildman–Crippen LogP) is 3.95. The van der Waals surface area contributed by atoms with Gasteiger partial charge in [0.1, 0.15) is 18.4 Å². The highest BCUT2D eigenvalue weighted by Gasteiger charge is 2.29. The number of hydrogen-bond donors (Lipinski definition) is 1. The second-order valence-electron chi connectivity index (χ2n) is 8.89. The Labute approximate surface area is 186 Å². The van der Waals surface area contributed by atoms with Crippen molar-refractivity contribution in [2.75, 3.05) is 23.7 Å². The minimum atomic E-state index is -3.65. The lowest BCUT2D eigenvalue weighted by molar-refractivity contribution is -0.121. The fourth-order valence-corrected chi connectivity index (χ4v) is 4.53. The number of anilines is 1. The maximum absolute atomic E-state index is 12.7. The van der Waals surface area contributed by atoms with Crippen LogP contribution in [0.15, 0.2) is 42.5 Å². The third-order valence-electron chi connectivity index (χ3n) is 5.19. The molecule has 1 N–H and O–H groups in total. The third-order valence-corrected chi connectivity index (χ3v) is 6.43. The molecular formula is C24H34N2O4S. The molecule has 1 unspecified atom stereocenters. The van der Waals surface area contributed by atoms with Gasteiger partial charge in [0, 0.05) is 0 Å². The molecule has 31 heavy (non-hydrogen) atoms. The number of amides is 1. The second-order valence-corrected chi connectivity index (χ2v) is 10.7. The van der Waals surface area contributed by atoms with E-state index >= 15 is 0 Å². The summed E-state index contributed by atoms with van der Waals surface area (Å²) in [6.45, 7) is 12.4. The number of carbonyl (C=O) groups is 1. The number of para-hydroxylation sites is 1. The van der Waals surface area contributed by atoms with Gasteiger partial charge in [-0.1, -0.05) is 45.0 Å². The molecule has 6 nitrogen and oxygen atoms in total. The molecule has 0 aliphatic rings. The van der Waals surface area contributed by atoms with Gasteiger partial charge in [-0.3, -0.25) is 9.10 Å². The van der Waals surface area contributed by atoms with Crippen molar-refractivity contribution in [3.05, 3.63) is 59.2 Å². The molecule has 0 saturated carbocycles. The summed E-state index contributed by atoms with van der Waals surface area (Å²) in [5, 5.41) is 2.79. The van der Waals surface area contributed by atoms with Crippen LogP contribution in [0.4, 0.5) is 5.69 Å². The molecule has 2 aromatic rings. The van der Waals surface area contributed by atoms with E-state index < -0.39 is 16.1 Å². The first-order chi connectivity index (χ1) is 14.3. The molecular weight excluding hydrogens is 412 g/mol. The predicted molar refractivity (Wildman–Crippen MR) is 126 cm³/mol. The van der Waals surface area contributed by atoms with E-state index in [0.29, 0.717) is 5.69 Å². The fourth-order valence-electron chi connectivity index (χ4n) is 3.37. The van der Waals surface area contributed by atoms with E-state index in [1.165, 1.54) is 0 Å². The van der Waals surface area contributed by atoms with E-state index in [-0.39, 0.29) is 24.5 Å².